The van der Waals surface area contributed by atoms with Crippen LogP contribution in [-0.2, 0) is 10.7 Å². The Hall–Kier alpha value is -1.69. The van der Waals surface area contributed by atoms with E-state index in [9.17, 15) is 18.7 Å². The summed E-state index contributed by atoms with van der Waals surface area (Å²) in [6, 6.07) is 4.99. The molecule has 1 aliphatic carbocycles. The van der Waals surface area contributed by atoms with Crippen molar-refractivity contribution in [3.63, 3.8) is 0 Å². The monoisotopic (exact) mass is 313 g/mol. The summed E-state index contributed by atoms with van der Waals surface area (Å²) in [5, 5.41) is 12.1. The highest BCUT2D eigenvalue weighted by Crippen LogP contribution is 2.35. The van der Waals surface area contributed by atoms with E-state index in [2.05, 4.69) is 5.32 Å². The summed E-state index contributed by atoms with van der Waals surface area (Å²) in [6.45, 7) is 1.92. The molecule has 0 aromatic heterocycles. The molecule has 0 spiro atoms. The van der Waals surface area contributed by atoms with E-state index in [0.717, 1.165) is 12.8 Å². The third-order valence-corrected chi connectivity index (χ3v) is 3.86. The maximum atomic E-state index is 14.4. The van der Waals surface area contributed by atoms with Crippen molar-refractivity contribution in [2.75, 3.05) is 6.61 Å². The minimum atomic E-state index is -3.71. The van der Waals surface area contributed by atoms with Crippen molar-refractivity contribution in [2.24, 2.45) is 0 Å². The molecule has 0 bridgehead atoms. The number of hydrogen-bond acceptors (Lipinski definition) is 3. The molecule has 0 saturated heterocycles. The summed E-state index contributed by atoms with van der Waals surface area (Å²) in [7, 11) is 0. The van der Waals surface area contributed by atoms with E-state index in [-0.39, 0.29) is 12.4 Å². The van der Waals surface area contributed by atoms with Gasteiger partial charge in [-0.3, -0.25) is 4.79 Å². The Kier molecular flexibility index (Phi) is 5.34. The molecule has 2 atom stereocenters. The average molecular weight is 313 g/mol. The lowest BCUT2D eigenvalue weighted by atomic mass is 9.92. The molecule has 2 N–H and O–H groups in total. The molecular weight excluding hydrogens is 292 g/mol. The van der Waals surface area contributed by atoms with Gasteiger partial charge in [0.25, 0.3) is 5.91 Å². The fourth-order valence-electron chi connectivity index (χ4n) is 2.67. The zero-order valence-electron chi connectivity index (χ0n) is 12.5. The second kappa shape index (κ2) is 7.05. The van der Waals surface area contributed by atoms with Crippen molar-refractivity contribution in [3.05, 3.63) is 29.8 Å². The molecule has 6 heteroatoms. The molecule has 1 amide bonds. The van der Waals surface area contributed by atoms with Crippen molar-refractivity contribution >= 4 is 5.91 Å². The van der Waals surface area contributed by atoms with Gasteiger partial charge >= 0.3 is 5.92 Å². The number of hydrogen-bond donors (Lipinski definition) is 2. The summed E-state index contributed by atoms with van der Waals surface area (Å²) in [5.41, 5.74) is -0.459. The lowest BCUT2D eigenvalue weighted by Crippen LogP contribution is -2.50. The highest BCUT2D eigenvalue weighted by atomic mass is 19.3. The van der Waals surface area contributed by atoms with Crippen molar-refractivity contribution in [2.45, 2.75) is 50.7 Å². The molecule has 0 radical (unpaired) electrons. The van der Waals surface area contributed by atoms with E-state index in [1.807, 2.05) is 0 Å². The first-order chi connectivity index (χ1) is 10.5. The molecule has 22 heavy (non-hydrogen) atoms. The third-order valence-electron chi connectivity index (χ3n) is 3.86. The Balaban J connectivity index is 2.16. The predicted molar refractivity (Wildman–Crippen MR) is 77.9 cm³/mol. The van der Waals surface area contributed by atoms with Gasteiger partial charge in [0, 0.05) is 0 Å². The van der Waals surface area contributed by atoms with E-state index in [4.69, 9.17) is 4.74 Å². The molecule has 1 aromatic carbocycles. The summed E-state index contributed by atoms with van der Waals surface area (Å²) >= 11 is 0. The van der Waals surface area contributed by atoms with Gasteiger partial charge in [0.15, 0.2) is 0 Å². The van der Waals surface area contributed by atoms with E-state index >= 15 is 0 Å². The van der Waals surface area contributed by atoms with Crippen LogP contribution in [0.5, 0.6) is 5.75 Å². The SMILES string of the molecule is CCOc1ccccc1C(F)(F)C(=O)NC1CCCCC1O. The summed E-state index contributed by atoms with van der Waals surface area (Å²) < 4.78 is 34.1. The Morgan fingerprint density at radius 3 is 2.73 bits per heavy atom. The number of benzene rings is 1. The summed E-state index contributed by atoms with van der Waals surface area (Å²) in [4.78, 5) is 12.0. The summed E-state index contributed by atoms with van der Waals surface area (Å²) in [5.74, 6) is -5.11. The van der Waals surface area contributed by atoms with Gasteiger partial charge in [-0.15, -0.1) is 0 Å². The number of alkyl halides is 2. The number of carbonyl (C=O) groups excluding carboxylic acids is 1. The van der Waals surface area contributed by atoms with Crippen LogP contribution in [-0.4, -0.2) is 29.8 Å². The lowest BCUT2D eigenvalue weighted by Gasteiger charge is -2.30. The number of rotatable bonds is 5. The largest absolute Gasteiger partial charge is 0.493 e. The van der Waals surface area contributed by atoms with E-state index in [1.54, 1.807) is 13.0 Å². The van der Waals surface area contributed by atoms with Gasteiger partial charge in [-0.2, -0.15) is 8.78 Å². The molecule has 2 unspecified atom stereocenters. The van der Waals surface area contributed by atoms with Gasteiger partial charge in [0.05, 0.1) is 24.3 Å². The summed E-state index contributed by atoms with van der Waals surface area (Å²) in [6.07, 6.45) is 1.91. The molecule has 1 aliphatic rings. The number of nitrogens with one attached hydrogen (secondary N) is 1. The van der Waals surface area contributed by atoms with Crippen LogP contribution in [0.1, 0.15) is 38.2 Å². The molecule has 1 fully saturated rings. The molecule has 4 nitrogen and oxygen atoms in total. The van der Waals surface area contributed by atoms with Crippen LogP contribution in [0.3, 0.4) is 0 Å². The standard InChI is InChI=1S/C16H21F2NO3/c1-2-22-14-10-6-3-7-11(14)16(17,18)15(21)19-12-8-4-5-9-13(12)20/h3,6-7,10,12-13,20H,2,4-5,8-9H2,1H3,(H,19,21). The minimum absolute atomic E-state index is 0.00524. The maximum absolute atomic E-state index is 14.4. The van der Waals surface area contributed by atoms with Crippen LogP contribution in [0.25, 0.3) is 0 Å². The lowest BCUT2D eigenvalue weighted by molar-refractivity contribution is -0.149. The molecule has 1 saturated carbocycles. The Morgan fingerprint density at radius 2 is 2.05 bits per heavy atom. The van der Waals surface area contributed by atoms with Crippen LogP contribution < -0.4 is 10.1 Å². The topological polar surface area (TPSA) is 58.6 Å². The molecule has 0 heterocycles. The number of halogens is 2. The first-order valence-corrected chi connectivity index (χ1v) is 7.56. The van der Waals surface area contributed by atoms with Crippen molar-refractivity contribution in [1.82, 2.24) is 5.32 Å². The average Bonchev–Trinajstić information content (AvgIpc) is 2.50. The normalized spacial score (nSPS) is 22.2. The Morgan fingerprint density at radius 1 is 1.36 bits per heavy atom. The number of aliphatic hydroxyl groups excluding tert-OH is 1. The highest BCUT2D eigenvalue weighted by molar-refractivity contribution is 5.85. The Bertz CT molecular complexity index is 522. The van der Waals surface area contributed by atoms with Crippen LogP contribution >= 0.6 is 0 Å². The number of para-hydroxylation sites is 1. The maximum Gasteiger partial charge on any atom is 0.353 e. The van der Waals surface area contributed by atoms with Crippen LogP contribution in [0.4, 0.5) is 8.78 Å². The van der Waals surface area contributed by atoms with Gasteiger partial charge in [0.1, 0.15) is 5.75 Å². The van der Waals surface area contributed by atoms with Gasteiger partial charge < -0.3 is 15.2 Å². The van der Waals surface area contributed by atoms with Crippen molar-refractivity contribution < 1.29 is 23.4 Å². The third kappa shape index (κ3) is 3.55. The minimum Gasteiger partial charge on any atom is -0.493 e. The molecule has 1 aromatic rings. The van der Waals surface area contributed by atoms with E-state index < -0.39 is 29.5 Å². The fourth-order valence-corrected chi connectivity index (χ4v) is 2.67. The molecule has 0 aliphatic heterocycles. The van der Waals surface area contributed by atoms with E-state index in [0.29, 0.717) is 12.8 Å². The highest BCUT2D eigenvalue weighted by Gasteiger charge is 2.44. The van der Waals surface area contributed by atoms with Crippen LogP contribution in [0, 0.1) is 0 Å². The van der Waals surface area contributed by atoms with Gasteiger partial charge in [-0.05, 0) is 31.9 Å². The quantitative estimate of drug-likeness (QED) is 0.878. The molecular formula is C16H21F2NO3. The van der Waals surface area contributed by atoms with Crippen LogP contribution in [0.15, 0.2) is 24.3 Å². The molecule has 122 valence electrons. The Labute approximate surface area is 128 Å². The number of amides is 1. The first-order valence-electron chi connectivity index (χ1n) is 7.56. The smallest absolute Gasteiger partial charge is 0.353 e. The van der Waals surface area contributed by atoms with E-state index in [1.165, 1.54) is 18.2 Å². The second-order valence-corrected chi connectivity index (χ2v) is 5.44. The zero-order valence-corrected chi connectivity index (χ0v) is 12.5. The second-order valence-electron chi connectivity index (χ2n) is 5.44. The number of carbonyl (C=O) groups is 1. The van der Waals surface area contributed by atoms with Gasteiger partial charge in [-0.25, -0.2) is 0 Å². The number of ether oxygens (including phenoxy) is 1. The van der Waals surface area contributed by atoms with Gasteiger partial charge in [0.2, 0.25) is 0 Å². The van der Waals surface area contributed by atoms with Crippen LogP contribution in [0.2, 0.25) is 0 Å². The van der Waals surface area contributed by atoms with Gasteiger partial charge in [-0.1, -0.05) is 25.0 Å². The number of aliphatic hydroxyl groups is 1. The predicted octanol–water partition coefficient (Wildman–Crippen LogP) is 2.60. The molecule has 2 rings (SSSR count). The van der Waals surface area contributed by atoms with Crippen molar-refractivity contribution in [1.29, 1.82) is 0 Å². The van der Waals surface area contributed by atoms with Crippen molar-refractivity contribution in [3.8, 4) is 5.75 Å². The fraction of sp³-hybridized carbons (Fsp3) is 0.562. The zero-order chi connectivity index (χ0) is 16.2. The first kappa shape index (κ1) is 16.7.